The van der Waals surface area contributed by atoms with Crippen LogP contribution in [0.1, 0.15) is 6.42 Å². The summed E-state index contributed by atoms with van der Waals surface area (Å²) in [6.07, 6.45) is 0.345. The number of thioether (sulfide) groups is 1. The molecule has 0 aliphatic rings. The first-order valence-electron chi connectivity index (χ1n) is 3.90. The maximum absolute atomic E-state index is 10.9. The maximum atomic E-state index is 10.9. The normalized spacial score (nSPS) is 9.62. The first-order valence-corrected chi connectivity index (χ1v) is 5.06. The molecule has 13 heavy (non-hydrogen) atoms. The number of hydrogen-bond acceptors (Lipinski definition) is 4. The Bertz CT molecular complexity index is 175. The van der Waals surface area contributed by atoms with Gasteiger partial charge in [-0.2, -0.15) is 11.8 Å². The number of carbonyl (C=O) groups excluding carboxylic acids is 2. The van der Waals surface area contributed by atoms with E-state index < -0.39 is 0 Å². The number of aliphatic hydroxyl groups is 1. The summed E-state index contributed by atoms with van der Waals surface area (Å²) in [5.74, 6) is 0.319. The predicted octanol–water partition coefficient (Wildman–Crippen LogP) is -1.30. The van der Waals surface area contributed by atoms with Crippen LogP contribution in [0.4, 0.5) is 0 Å². The standard InChI is InChI=1S/C7H14N2O3S/c8-6(11)5-13-4-1-7(12)9-2-3-10/h10H,1-5H2,(H2,8,11)(H,9,12). The Morgan fingerprint density at radius 1 is 1.46 bits per heavy atom. The highest BCUT2D eigenvalue weighted by Crippen LogP contribution is 2.00. The van der Waals surface area contributed by atoms with Crippen molar-refractivity contribution >= 4 is 23.6 Å². The largest absolute Gasteiger partial charge is 0.395 e. The Morgan fingerprint density at radius 3 is 2.69 bits per heavy atom. The zero-order chi connectivity index (χ0) is 10.1. The number of primary amides is 1. The molecule has 5 nitrogen and oxygen atoms in total. The summed E-state index contributed by atoms with van der Waals surface area (Å²) < 4.78 is 0. The molecule has 0 bridgehead atoms. The summed E-state index contributed by atoms with van der Waals surface area (Å²) in [6, 6.07) is 0. The minimum atomic E-state index is -0.374. The molecular formula is C7H14N2O3S. The van der Waals surface area contributed by atoms with Crippen molar-refractivity contribution in [3.63, 3.8) is 0 Å². The van der Waals surface area contributed by atoms with Crippen LogP contribution in [0.2, 0.25) is 0 Å². The molecule has 0 fully saturated rings. The Hall–Kier alpha value is -0.750. The van der Waals surface area contributed by atoms with Crippen molar-refractivity contribution in [1.82, 2.24) is 5.32 Å². The number of hydrogen-bond donors (Lipinski definition) is 3. The van der Waals surface area contributed by atoms with E-state index >= 15 is 0 Å². The average Bonchev–Trinajstić information content (AvgIpc) is 2.08. The molecule has 0 radical (unpaired) electrons. The van der Waals surface area contributed by atoms with E-state index in [0.717, 1.165) is 0 Å². The molecule has 6 heteroatoms. The van der Waals surface area contributed by atoms with E-state index in [0.29, 0.717) is 12.2 Å². The Labute approximate surface area is 81.1 Å². The molecule has 0 aromatic carbocycles. The van der Waals surface area contributed by atoms with E-state index in [-0.39, 0.29) is 30.7 Å². The second-order valence-corrected chi connectivity index (χ2v) is 3.45. The summed E-state index contributed by atoms with van der Waals surface area (Å²) >= 11 is 1.33. The lowest BCUT2D eigenvalue weighted by molar-refractivity contribution is -0.121. The molecule has 0 rings (SSSR count). The zero-order valence-corrected chi connectivity index (χ0v) is 8.10. The van der Waals surface area contributed by atoms with E-state index in [4.69, 9.17) is 10.8 Å². The third kappa shape index (κ3) is 9.16. The highest BCUT2D eigenvalue weighted by Gasteiger charge is 2.00. The fourth-order valence-corrected chi connectivity index (χ4v) is 1.30. The summed E-state index contributed by atoms with van der Waals surface area (Å²) in [7, 11) is 0. The SMILES string of the molecule is NC(=O)CSCCC(=O)NCCO. The van der Waals surface area contributed by atoms with Crippen molar-refractivity contribution < 1.29 is 14.7 Å². The number of amides is 2. The third-order valence-electron chi connectivity index (χ3n) is 1.15. The molecule has 0 aliphatic heterocycles. The van der Waals surface area contributed by atoms with Crippen molar-refractivity contribution in [3.8, 4) is 0 Å². The van der Waals surface area contributed by atoms with Gasteiger partial charge in [-0.25, -0.2) is 0 Å². The van der Waals surface area contributed by atoms with Gasteiger partial charge >= 0.3 is 0 Å². The van der Waals surface area contributed by atoms with E-state index in [1.807, 2.05) is 0 Å². The van der Waals surface area contributed by atoms with E-state index in [2.05, 4.69) is 5.32 Å². The van der Waals surface area contributed by atoms with Crippen LogP contribution in [0.5, 0.6) is 0 Å². The second-order valence-electron chi connectivity index (χ2n) is 2.34. The maximum Gasteiger partial charge on any atom is 0.227 e. The van der Waals surface area contributed by atoms with Crippen molar-refractivity contribution in [2.75, 3.05) is 24.7 Å². The molecular weight excluding hydrogens is 192 g/mol. The summed E-state index contributed by atoms with van der Waals surface area (Å²) in [5, 5.41) is 10.9. The first kappa shape index (κ1) is 12.2. The molecule has 76 valence electrons. The van der Waals surface area contributed by atoms with E-state index in [9.17, 15) is 9.59 Å². The Morgan fingerprint density at radius 2 is 2.15 bits per heavy atom. The monoisotopic (exact) mass is 206 g/mol. The highest BCUT2D eigenvalue weighted by molar-refractivity contribution is 7.99. The van der Waals surface area contributed by atoms with Gasteiger partial charge in [0, 0.05) is 18.7 Å². The topological polar surface area (TPSA) is 92.4 Å². The first-order chi connectivity index (χ1) is 6.16. The predicted molar refractivity (Wildman–Crippen MR) is 51.2 cm³/mol. The van der Waals surface area contributed by atoms with Gasteiger partial charge in [-0.1, -0.05) is 0 Å². The number of nitrogens with one attached hydrogen (secondary N) is 1. The van der Waals surface area contributed by atoms with Crippen molar-refractivity contribution in [2.45, 2.75) is 6.42 Å². The Balaban J connectivity index is 3.22. The molecule has 0 aromatic rings. The minimum absolute atomic E-state index is 0.0554. The number of carbonyl (C=O) groups is 2. The summed E-state index contributed by atoms with van der Waals surface area (Å²) in [4.78, 5) is 21.2. The lowest BCUT2D eigenvalue weighted by atomic mass is 10.4. The van der Waals surface area contributed by atoms with Gasteiger partial charge in [-0.3, -0.25) is 9.59 Å². The van der Waals surface area contributed by atoms with Crippen molar-refractivity contribution in [2.24, 2.45) is 5.73 Å². The zero-order valence-electron chi connectivity index (χ0n) is 7.28. The minimum Gasteiger partial charge on any atom is -0.395 e. The van der Waals surface area contributed by atoms with Crippen LogP contribution in [-0.4, -0.2) is 41.6 Å². The molecule has 0 unspecified atom stereocenters. The van der Waals surface area contributed by atoms with E-state index in [1.54, 1.807) is 0 Å². The van der Waals surface area contributed by atoms with Gasteiger partial charge < -0.3 is 16.2 Å². The Kier molecular flexibility index (Phi) is 7.42. The van der Waals surface area contributed by atoms with Crippen molar-refractivity contribution in [1.29, 1.82) is 0 Å². The van der Waals surface area contributed by atoms with Crippen molar-refractivity contribution in [3.05, 3.63) is 0 Å². The van der Waals surface area contributed by atoms with Gasteiger partial charge in [0.05, 0.1) is 12.4 Å². The lowest BCUT2D eigenvalue weighted by Gasteiger charge is -2.01. The van der Waals surface area contributed by atoms with Crippen LogP contribution in [-0.2, 0) is 9.59 Å². The molecule has 0 heterocycles. The van der Waals surface area contributed by atoms with Gasteiger partial charge in [-0.15, -0.1) is 0 Å². The molecule has 2 amide bonds. The molecule has 0 aliphatic carbocycles. The highest BCUT2D eigenvalue weighted by atomic mass is 32.2. The van der Waals surface area contributed by atoms with Gasteiger partial charge in [0.1, 0.15) is 0 Å². The molecule has 0 saturated heterocycles. The summed E-state index contributed by atoms with van der Waals surface area (Å²) in [6.45, 7) is 0.222. The second kappa shape index (κ2) is 7.88. The number of nitrogens with two attached hydrogens (primary N) is 1. The lowest BCUT2D eigenvalue weighted by Crippen LogP contribution is -2.26. The van der Waals surface area contributed by atoms with Gasteiger partial charge in [0.2, 0.25) is 11.8 Å². The molecule has 0 atom stereocenters. The molecule has 0 spiro atoms. The van der Waals surface area contributed by atoms with E-state index in [1.165, 1.54) is 11.8 Å². The molecule has 4 N–H and O–H groups in total. The molecule has 0 aromatic heterocycles. The number of rotatable bonds is 7. The van der Waals surface area contributed by atoms with Gasteiger partial charge in [0.25, 0.3) is 0 Å². The van der Waals surface area contributed by atoms with Crippen LogP contribution in [0.15, 0.2) is 0 Å². The average molecular weight is 206 g/mol. The smallest absolute Gasteiger partial charge is 0.227 e. The fraction of sp³-hybridized carbons (Fsp3) is 0.714. The fourth-order valence-electron chi connectivity index (χ4n) is 0.621. The third-order valence-corrected chi connectivity index (χ3v) is 2.13. The molecule has 0 saturated carbocycles. The van der Waals surface area contributed by atoms with Crippen LogP contribution < -0.4 is 11.1 Å². The quantitative estimate of drug-likeness (QED) is 0.452. The van der Waals surface area contributed by atoms with Crippen LogP contribution in [0.25, 0.3) is 0 Å². The number of aliphatic hydroxyl groups excluding tert-OH is 1. The van der Waals surface area contributed by atoms with Crippen LogP contribution in [0.3, 0.4) is 0 Å². The van der Waals surface area contributed by atoms with Gasteiger partial charge in [0.15, 0.2) is 0 Å². The van der Waals surface area contributed by atoms with Crippen LogP contribution >= 0.6 is 11.8 Å². The van der Waals surface area contributed by atoms with Gasteiger partial charge in [-0.05, 0) is 0 Å². The summed E-state index contributed by atoms with van der Waals surface area (Å²) in [5.41, 5.74) is 4.90. The van der Waals surface area contributed by atoms with Crippen LogP contribution in [0, 0.1) is 0 Å².